The van der Waals surface area contributed by atoms with Crippen LogP contribution in [-0.2, 0) is 16.0 Å². The fourth-order valence-electron chi connectivity index (χ4n) is 4.44. The minimum absolute atomic E-state index is 0.106. The molecule has 1 aliphatic heterocycles. The van der Waals surface area contributed by atoms with Crippen molar-refractivity contribution in [2.75, 3.05) is 47.8 Å². The summed E-state index contributed by atoms with van der Waals surface area (Å²) in [5.74, 6) is -0.284. The molecule has 1 atom stereocenters. The fourth-order valence-corrected chi connectivity index (χ4v) is 4.44. The lowest BCUT2D eigenvalue weighted by atomic mass is 10.1. The molecular formula is C28H40N6O5. The Hall–Kier alpha value is -3.89. The van der Waals surface area contributed by atoms with Crippen molar-refractivity contribution in [3.05, 3.63) is 36.0 Å². The Balaban J connectivity index is 1.85. The van der Waals surface area contributed by atoms with E-state index in [4.69, 9.17) is 4.74 Å². The van der Waals surface area contributed by atoms with Crippen LogP contribution in [0, 0.1) is 5.92 Å². The Morgan fingerprint density at radius 1 is 1.05 bits per heavy atom. The van der Waals surface area contributed by atoms with Gasteiger partial charge in [-0.25, -0.2) is 14.6 Å². The van der Waals surface area contributed by atoms with Crippen molar-refractivity contribution in [2.24, 2.45) is 5.92 Å². The van der Waals surface area contributed by atoms with Gasteiger partial charge in [-0.05, 0) is 51.3 Å². The molecule has 0 aliphatic carbocycles. The van der Waals surface area contributed by atoms with Crippen LogP contribution in [0.5, 0.6) is 5.75 Å². The summed E-state index contributed by atoms with van der Waals surface area (Å²) < 4.78 is 5.45. The minimum Gasteiger partial charge on any atom is -0.480 e. The molecule has 2 amide bonds. The van der Waals surface area contributed by atoms with Gasteiger partial charge in [-0.2, -0.15) is 4.98 Å². The molecule has 1 aromatic carbocycles. The first-order chi connectivity index (χ1) is 18.7. The molecule has 2 heterocycles. The second kappa shape index (κ2) is 13.8. The zero-order chi connectivity index (χ0) is 28.5. The number of carboxylic acid groups (broad SMARTS) is 1. The first-order valence-corrected chi connectivity index (χ1v) is 13.7. The average Bonchev–Trinajstić information content (AvgIpc) is 3.46. The van der Waals surface area contributed by atoms with Crippen LogP contribution in [0.25, 0.3) is 0 Å². The number of carbonyl (C=O) groups excluding carboxylic acids is 2. The molecule has 2 N–H and O–H groups in total. The van der Waals surface area contributed by atoms with E-state index in [2.05, 4.69) is 15.3 Å². The summed E-state index contributed by atoms with van der Waals surface area (Å²) in [6.07, 6.45) is 3.30. The molecule has 1 aromatic heterocycles. The smallest absolute Gasteiger partial charge is 0.415 e. The van der Waals surface area contributed by atoms with Crippen LogP contribution in [0.3, 0.4) is 0 Å². The van der Waals surface area contributed by atoms with Crippen molar-refractivity contribution in [3.8, 4) is 5.75 Å². The quantitative estimate of drug-likeness (QED) is 0.410. The van der Waals surface area contributed by atoms with Crippen molar-refractivity contribution in [1.82, 2.24) is 14.9 Å². The summed E-state index contributed by atoms with van der Waals surface area (Å²) in [6.45, 7) is 12.6. The maximum Gasteiger partial charge on any atom is 0.415 e. The van der Waals surface area contributed by atoms with E-state index in [1.165, 1.54) is 0 Å². The predicted octanol–water partition coefficient (Wildman–Crippen LogP) is 4.03. The number of nitrogens with one attached hydrogen (secondary N) is 1. The number of ether oxygens (including phenoxy) is 1. The number of hydrogen-bond donors (Lipinski definition) is 2. The van der Waals surface area contributed by atoms with Crippen molar-refractivity contribution in [1.29, 1.82) is 0 Å². The highest BCUT2D eigenvalue weighted by Crippen LogP contribution is 2.28. The maximum absolute atomic E-state index is 12.9. The summed E-state index contributed by atoms with van der Waals surface area (Å²) in [5.41, 5.74) is 1.17. The molecule has 0 saturated carbocycles. The number of carboxylic acids is 1. The summed E-state index contributed by atoms with van der Waals surface area (Å²) in [5, 5.41) is 13.1. The first-order valence-electron chi connectivity index (χ1n) is 13.7. The van der Waals surface area contributed by atoms with Crippen molar-refractivity contribution in [2.45, 2.75) is 59.9 Å². The van der Waals surface area contributed by atoms with E-state index in [0.717, 1.165) is 18.4 Å². The number of anilines is 3. The third-order valence-electron chi connectivity index (χ3n) is 6.71. The highest BCUT2D eigenvalue weighted by Gasteiger charge is 2.26. The molecule has 1 saturated heterocycles. The predicted molar refractivity (Wildman–Crippen MR) is 150 cm³/mol. The van der Waals surface area contributed by atoms with E-state index >= 15 is 0 Å². The van der Waals surface area contributed by atoms with Gasteiger partial charge in [0.2, 0.25) is 11.9 Å². The minimum atomic E-state index is -1.06. The van der Waals surface area contributed by atoms with Gasteiger partial charge < -0.3 is 29.9 Å². The number of aliphatic carboxylic acids is 1. The number of rotatable bonds is 12. The fraction of sp³-hybridized carbons (Fsp3) is 0.536. The van der Waals surface area contributed by atoms with E-state index < -0.39 is 12.0 Å². The number of aromatic nitrogens is 2. The number of carbonyl (C=O) groups is 3. The van der Waals surface area contributed by atoms with Gasteiger partial charge in [0.05, 0.1) is 6.20 Å². The van der Waals surface area contributed by atoms with Crippen molar-refractivity contribution in [3.63, 3.8) is 0 Å². The van der Waals surface area contributed by atoms with Crippen LogP contribution in [-0.4, -0.2) is 76.7 Å². The van der Waals surface area contributed by atoms with Gasteiger partial charge in [-0.15, -0.1) is 0 Å². The van der Waals surface area contributed by atoms with Gasteiger partial charge in [0.15, 0.2) is 5.82 Å². The third kappa shape index (κ3) is 7.58. The molecular weight excluding hydrogens is 500 g/mol. The van der Waals surface area contributed by atoms with Gasteiger partial charge in [-0.1, -0.05) is 26.0 Å². The second-order valence-corrected chi connectivity index (χ2v) is 9.76. The van der Waals surface area contributed by atoms with E-state index in [-0.39, 0.29) is 30.2 Å². The van der Waals surface area contributed by atoms with E-state index in [0.29, 0.717) is 50.1 Å². The number of nitrogens with zero attached hydrogens (tertiary/aromatic N) is 5. The van der Waals surface area contributed by atoms with Crippen LogP contribution in [0.4, 0.5) is 22.2 Å². The molecule has 0 spiro atoms. The number of hydrogen-bond acceptors (Lipinski definition) is 8. The maximum atomic E-state index is 12.9. The van der Waals surface area contributed by atoms with Crippen LogP contribution in [0.15, 0.2) is 30.5 Å². The lowest BCUT2D eigenvalue weighted by molar-refractivity contribution is -0.137. The van der Waals surface area contributed by atoms with Gasteiger partial charge in [-0.3, -0.25) is 4.79 Å². The van der Waals surface area contributed by atoms with Crippen LogP contribution >= 0.6 is 0 Å². The second-order valence-electron chi connectivity index (χ2n) is 9.76. The Labute approximate surface area is 230 Å². The molecule has 39 heavy (non-hydrogen) atoms. The van der Waals surface area contributed by atoms with E-state index in [9.17, 15) is 19.5 Å². The van der Waals surface area contributed by atoms with Crippen LogP contribution in [0.2, 0.25) is 0 Å². The highest BCUT2D eigenvalue weighted by molar-refractivity contribution is 5.97. The molecule has 0 bridgehead atoms. The molecule has 0 radical (unpaired) electrons. The van der Waals surface area contributed by atoms with Crippen molar-refractivity contribution < 1.29 is 24.2 Å². The van der Waals surface area contributed by atoms with Gasteiger partial charge in [0, 0.05) is 45.1 Å². The Bertz CT molecular complexity index is 1130. The molecule has 11 nitrogen and oxygen atoms in total. The topological polar surface area (TPSA) is 128 Å². The standard InChI is InChI=1S/C28H40N6O5/c1-6-32(7-2)27-29-18-23(34(8-3)25(35)19(4)5)24(31-27)30-22(26(36)37)17-20-11-13-21(14-12-20)39-28(38)33-15-9-10-16-33/h11-14,18-19,22H,6-10,15-17H2,1-5H3,(H,36,37)(H,29,30,31). The summed E-state index contributed by atoms with van der Waals surface area (Å²) in [6, 6.07) is 5.78. The molecule has 1 aliphatic rings. The molecule has 11 heteroatoms. The summed E-state index contributed by atoms with van der Waals surface area (Å²) in [7, 11) is 0. The molecule has 2 aromatic rings. The lowest BCUT2D eigenvalue weighted by Crippen LogP contribution is -2.37. The van der Waals surface area contributed by atoms with E-state index in [1.807, 2.05) is 39.5 Å². The van der Waals surface area contributed by atoms with Gasteiger partial charge in [0.25, 0.3) is 0 Å². The Kier molecular flexibility index (Phi) is 10.5. The monoisotopic (exact) mass is 540 g/mol. The van der Waals surface area contributed by atoms with Crippen LogP contribution < -0.4 is 19.9 Å². The Morgan fingerprint density at radius 3 is 2.23 bits per heavy atom. The molecule has 212 valence electrons. The largest absolute Gasteiger partial charge is 0.480 e. The molecule has 1 fully saturated rings. The Morgan fingerprint density at radius 2 is 1.69 bits per heavy atom. The highest BCUT2D eigenvalue weighted by atomic mass is 16.6. The van der Waals surface area contributed by atoms with Gasteiger partial charge in [0.1, 0.15) is 17.5 Å². The zero-order valence-corrected chi connectivity index (χ0v) is 23.5. The summed E-state index contributed by atoms with van der Waals surface area (Å²) >= 11 is 0. The van der Waals surface area contributed by atoms with Crippen LogP contribution in [0.1, 0.15) is 53.0 Å². The normalized spacial score (nSPS) is 13.7. The summed E-state index contributed by atoms with van der Waals surface area (Å²) in [4.78, 5) is 51.9. The number of benzene rings is 1. The molecule has 3 rings (SSSR count). The number of amides is 2. The lowest BCUT2D eigenvalue weighted by Gasteiger charge is -2.28. The average molecular weight is 541 g/mol. The van der Waals surface area contributed by atoms with Crippen molar-refractivity contribution >= 4 is 35.4 Å². The van der Waals surface area contributed by atoms with E-state index in [1.54, 1.807) is 40.3 Å². The van der Waals surface area contributed by atoms with Gasteiger partial charge >= 0.3 is 12.1 Å². The molecule has 1 unspecified atom stereocenters. The third-order valence-corrected chi connectivity index (χ3v) is 6.71. The SMILES string of the molecule is CCN(CC)c1ncc(N(CC)C(=O)C(C)C)c(NC(Cc2ccc(OC(=O)N3CCCC3)cc2)C(=O)O)n1. The number of likely N-dealkylation sites (tertiary alicyclic amines) is 1. The first kappa shape index (κ1) is 29.7. The zero-order valence-electron chi connectivity index (χ0n) is 23.5.